The first-order valence-electron chi connectivity index (χ1n) is 8.09. The predicted molar refractivity (Wildman–Crippen MR) is 92.4 cm³/mol. The van der Waals surface area contributed by atoms with Gasteiger partial charge < -0.3 is 14.3 Å². The second-order valence-electron chi connectivity index (χ2n) is 6.77. The maximum atomic E-state index is 12.5. The number of hydrogen-bond acceptors (Lipinski definition) is 5. The van der Waals surface area contributed by atoms with E-state index in [0.717, 1.165) is 5.56 Å². The number of rotatable bonds is 6. The molecule has 1 aliphatic carbocycles. The first-order valence-corrected chi connectivity index (χ1v) is 8.09. The summed E-state index contributed by atoms with van der Waals surface area (Å²) >= 11 is 0. The summed E-state index contributed by atoms with van der Waals surface area (Å²) in [5.74, 6) is -1.54. The van der Waals surface area contributed by atoms with Crippen molar-refractivity contribution in [3.63, 3.8) is 0 Å². The fourth-order valence-electron chi connectivity index (χ4n) is 2.38. The third-order valence-electron chi connectivity index (χ3n) is 3.48. The van der Waals surface area contributed by atoms with Gasteiger partial charge in [-0.2, -0.15) is 0 Å². The second kappa shape index (κ2) is 7.92. The van der Waals surface area contributed by atoms with Crippen LogP contribution in [0.2, 0.25) is 0 Å². The van der Waals surface area contributed by atoms with E-state index >= 15 is 0 Å². The van der Waals surface area contributed by atoms with Crippen molar-refractivity contribution < 1.29 is 23.9 Å². The number of allylic oxidation sites excluding steroid dienone is 2. The van der Waals surface area contributed by atoms with Crippen molar-refractivity contribution >= 4 is 18.0 Å². The van der Waals surface area contributed by atoms with E-state index in [9.17, 15) is 14.4 Å². The van der Waals surface area contributed by atoms with E-state index in [4.69, 9.17) is 9.47 Å². The normalized spacial score (nSPS) is 17.4. The molecule has 2 rings (SSSR count). The average molecular weight is 342 g/mol. The summed E-state index contributed by atoms with van der Waals surface area (Å²) in [5.41, 5.74) is 0.454. The number of carbonyl (C=O) groups excluding carboxylic acids is 3. The fraction of sp³-hybridized carbons (Fsp3) is 0.350. The molecule has 0 spiro atoms. The Morgan fingerprint density at radius 3 is 2.48 bits per heavy atom. The molecule has 25 heavy (non-hydrogen) atoms. The zero-order valence-electron chi connectivity index (χ0n) is 14.7. The minimum atomic E-state index is -0.887. The topological polar surface area (TPSA) is 69.7 Å². The Labute approximate surface area is 147 Å². The van der Waals surface area contributed by atoms with E-state index in [-0.39, 0.29) is 18.6 Å². The summed E-state index contributed by atoms with van der Waals surface area (Å²) in [6.45, 7) is 5.52. The Morgan fingerprint density at radius 1 is 1.20 bits per heavy atom. The standard InChI is InChI=1S/C20H22O5/c1-20(2,3)25-18(22)11-16-17(10-9-15(12-21)19(16)23)24-13-14-7-5-4-6-8-14/h4-10,12,15H,11,13H2,1-3H3. The summed E-state index contributed by atoms with van der Waals surface area (Å²) in [5, 5.41) is 0. The second-order valence-corrected chi connectivity index (χ2v) is 6.77. The minimum Gasteiger partial charge on any atom is -0.488 e. The quantitative estimate of drug-likeness (QED) is 0.451. The molecule has 1 unspecified atom stereocenters. The van der Waals surface area contributed by atoms with Crippen LogP contribution in [0.4, 0.5) is 0 Å². The van der Waals surface area contributed by atoms with Crippen molar-refractivity contribution in [3.8, 4) is 0 Å². The molecule has 0 fully saturated rings. The highest BCUT2D eigenvalue weighted by Crippen LogP contribution is 2.25. The van der Waals surface area contributed by atoms with Gasteiger partial charge in [-0.1, -0.05) is 36.4 Å². The van der Waals surface area contributed by atoms with Crippen molar-refractivity contribution in [1.29, 1.82) is 0 Å². The van der Waals surface area contributed by atoms with Gasteiger partial charge in [0.05, 0.1) is 12.3 Å². The molecule has 132 valence electrons. The molecule has 1 atom stereocenters. The zero-order valence-corrected chi connectivity index (χ0v) is 14.7. The van der Waals surface area contributed by atoms with Gasteiger partial charge in [0, 0.05) is 5.57 Å². The Hall–Kier alpha value is -2.69. The largest absolute Gasteiger partial charge is 0.488 e. The van der Waals surface area contributed by atoms with E-state index in [1.807, 2.05) is 30.3 Å². The number of ether oxygens (including phenoxy) is 2. The van der Waals surface area contributed by atoms with Gasteiger partial charge in [-0.05, 0) is 32.4 Å². The predicted octanol–water partition coefficient (Wildman–Crippen LogP) is 3.14. The Kier molecular flexibility index (Phi) is 5.91. The van der Waals surface area contributed by atoms with Crippen LogP contribution < -0.4 is 0 Å². The van der Waals surface area contributed by atoms with Crippen LogP contribution in [0.3, 0.4) is 0 Å². The number of benzene rings is 1. The number of Topliss-reactive ketones (excluding diaryl/α,β-unsaturated/α-hetero) is 1. The monoisotopic (exact) mass is 342 g/mol. The van der Waals surface area contributed by atoms with Gasteiger partial charge in [-0.15, -0.1) is 0 Å². The fourth-order valence-corrected chi connectivity index (χ4v) is 2.38. The lowest BCUT2D eigenvalue weighted by Crippen LogP contribution is -2.27. The first kappa shape index (κ1) is 18.6. The first-order chi connectivity index (χ1) is 11.8. The van der Waals surface area contributed by atoms with Crippen molar-refractivity contribution in [2.45, 2.75) is 39.4 Å². The van der Waals surface area contributed by atoms with Crippen LogP contribution in [-0.2, 0) is 30.5 Å². The molecule has 0 bridgehead atoms. The molecule has 0 aromatic heterocycles. The molecule has 0 aliphatic heterocycles. The van der Waals surface area contributed by atoms with Gasteiger partial charge in [-0.3, -0.25) is 9.59 Å². The van der Waals surface area contributed by atoms with E-state index in [1.54, 1.807) is 26.8 Å². The Bertz CT molecular complexity index is 707. The smallest absolute Gasteiger partial charge is 0.311 e. The molecular weight excluding hydrogens is 320 g/mol. The van der Waals surface area contributed by atoms with E-state index in [0.29, 0.717) is 12.0 Å². The highest BCUT2D eigenvalue weighted by atomic mass is 16.6. The molecule has 0 N–H and O–H groups in total. The van der Waals surface area contributed by atoms with Crippen LogP contribution in [-0.4, -0.2) is 23.6 Å². The number of hydrogen-bond donors (Lipinski definition) is 0. The van der Waals surface area contributed by atoms with Crippen molar-refractivity contribution in [1.82, 2.24) is 0 Å². The zero-order chi connectivity index (χ0) is 18.4. The molecule has 0 heterocycles. The summed E-state index contributed by atoms with van der Waals surface area (Å²) in [6, 6.07) is 9.47. The molecule has 5 heteroatoms. The van der Waals surface area contributed by atoms with Crippen molar-refractivity contribution in [2.24, 2.45) is 5.92 Å². The van der Waals surface area contributed by atoms with Crippen LogP contribution >= 0.6 is 0 Å². The summed E-state index contributed by atoms with van der Waals surface area (Å²) < 4.78 is 11.0. The van der Waals surface area contributed by atoms with Crippen LogP contribution in [0.5, 0.6) is 0 Å². The molecule has 1 aromatic rings. The molecule has 1 aliphatic rings. The maximum Gasteiger partial charge on any atom is 0.311 e. The van der Waals surface area contributed by atoms with Gasteiger partial charge in [0.25, 0.3) is 0 Å². The van der Waals surface area contributed by atoms with Gasteiger partial charge in [-0.25, -0.2) is 0 Å². The average Bonchev–Trinajstić information content (AvgIpc) is 2.55. The lowest BCUT2D eigenvalue weighted by Gasteiger charge is -2.22. The van der Waals surface area contributed by atoms with Gasteiger partial charge in [0.15, 0.2) is 5.78 Å². The van der Waals surface area contributed by atoms with Crippen LogP contribution in [0.25, 0.3) is 0 Å². The van der Waals surface area contributed by atoms with Crippen molar-refractivity contribution in [3.05, 3.63) is 59.4 Å². The lowest BCUT2D eigenvalue weighted by molar-refractivity contribution is -0.154. The Balaban J connectivity index is 2.19. The molecule has 0 saturated carbocycles. The maximum absolute atomic E-state index is 12.5. The van der Waals surface area contributed by atoms with E-state index in [2.05, 4.69) is 0 Å². The van der Waals surface area contributed by atoms with E-state index < -0.39 is 23.3 Å². The highest BCUT2D eigenvalue weighted by molar-refractivity contribution is 6.09. The number of ketones is 1. The summed E-state index contributed by atoms with van der Waals surface area (Å²) in [7, 11) is 0. The van der Waals surface area contributed by atoms with E-state index in [1.165, 1.54) is 6.08 Å². The molecule has 1 aromatic carbocycles. The van der Waals surface area contributed by atoms with Gasteiger partial charge in [0.1, 0.15) is 24.3 Å². The molecule has 0 amide bonds. The molecule has 0 radical (unpaired) electrons. The summed E-state index contributed by atoms with van der Waals surface area (Å²) in [6.07, 6.45) is 3.38. The number of aldehydes is 1. The lowest BCUT2D eigenvalue weighted by atomic mass is 9.90. The summed E-state index contributed by atoms with van der Waals surface area (Å²) in [4.78, 5) is 35.6. The minimum absolute atomic E-state index is 0.171. The van der Waals surface area contributed by atoms with Crippen LogP contribution in [0.1, 0.15) is 32.8 Å². The number of esters is 1. The third kappa shape index (κ3) is 5.41. The molecule has 0 saturated heterocycles. The van der Waals surface area contributed by atoms with Crippen LogP contribution in [0.15, 0.2) is 53.8 Å². The molecule has 5 nitrogen and oxygen atoms in total. The number of carbonyl (C=O) groups is 3. The SMILES string of the molecule is CC(C)(C)OC(=O)CC1=C(OCc2ccccc2)C=CC(C=O)C1=O. The highest BCUT2D eigenvalue weighted by Gasteiger charge is 2.30. The van der Waals surface area contributed by atoms with Gasteiger partial charge >= 0.3 is 5.97 Å². The third-order valence-corrected chi connectivity index (χ3v) is 3.48. The van der Waals surface area contributed by atoms with Gasteiger partial charge in [0.2, 0.25) is 0 Å². The Morgan fingerprint density at radius 2 is 1.88 bits per heavy atom. The van der Waals surface area contributed by atoms with Crippen LogP contribution in [0, 0.1) is 5.92 Å². The molecular formula is C20H22O5. The van der Waals surface area contributed by atoms with Crippen molar-refractivity contribution in [2.75, 3.05) is 0 Å².